The monoisotopic (exact) mass is 400 g/mol. The van der Waals surface area contributed by atoms with Crippen molar-refractivity contribution >= 4 is 51.4 Å². The van der Waals surface area contributed by atoms with Gasteiger partial charge >= 0.3 is 6.03 Å². The van der Waals surface area contributed by atoms with Crippen LogP contribution in [0, 0.1) is 13.8 Å². The van der Waals surface area contributed by atoms with Gasteiger partial charge in [0.25, 0.3) is 5.91 Å². The van der Waals surface area contributed by atoms with Crippen LogP contribution in [0.15, 0.2) is 47.8 Å². The van der Waals surface area contributed by atoms with Crippen LogP contribution in [-0.2, 0) is 0 Å². The summed E-state index contributed by atoms with van der Waals surface area (Å²) in [4.78, 5) is 28.6. The van der Waals surface area contributed by atoms with Gasteiger partial charge in [-0.15, -0.1) is 11.3 Å². The van der Waals surface area contributed by atoms with E-state index in [9.17, 15) is 9.59 Å². The third-order valence-corrected chi connectivity index (χ3v) is 4.95. The zero-order valence-electron chi connectivity index (χ0n) is 14.7. The van der Waals surface area contributed by atoms with Crippen molar-refractivity contribution in [2.45, 2.75) is 13.8 Å². The molecule has 3 amide bonds. The number of benzene rings is 2. The Bertz CT molecular complexity index is 986. The van der Waals surface area contributed by atoms with Crippen LogP contribution in [0.25, 0.3) is 0 Å². The lowest BCUT2D eigenvalue weighted by molar-refractivity contribution is 0.102. The number of halogens is 1. The van der Waals surface area contributed by atoms with Crippen LogP contribution in [0.5, 0.6) is 0 Å². The van der Waals surface area contributed by atoms with Crippen LogP contribution in [0.2, 0.25) is 5.02 Å². The van der Waals surface area contributed by atoms with Gasteiger partial charge < -0.3 is 10.6 Å². The molecule has 0 bridgehead atoms. The second kappa shape index (κ2) is 8.20. The highest BCUT2D eigenvalue weighted by atomic mass is 35.5. The van der Waals surface area contributed by atoms with Crippen molar-refractivity contribution in [3.8, 4) is 0 Å². The van der Waals surface area contributed by atoms with Crippen molar-refractivity contribution < 1.29 is 9.59 Å². The molecule has 3 aromatic rings. The van der Waals surface area contributed by atoms with Crippen LogP contribution in [0.1, 0.15) is 21.6 Å². The standard InChI is InChI=1S/C19H17ClN4O2S/c1-11-6-8-13(9-7-11)21-18(26)24-19-23-16(10-27-19)17(25)22-15-5-3-4-14(20)12(15)2/h3-10H,1-2H3,(H,22,25)(H2,21,23,24,26). The van der Waals surface area contributed by atoms with Gasteiger partial charge in [0.15, 0.2) is 5.13 Å². The molecule has 0 saturated carbocycles. The molecule has 0 spiro atoms. The summed E-state index contributed by atoms with van der Waals surface area (Å²) in [6.45, 7) is 3.79. The molecule has 0 aliphatic carbocycles. The first-order valence-electron chi connectivity index (χ1n) is 8.09. The molecule has 3 N–H and O–H groups in total. The molecule has 1 aromatic heterocycles. The molecule has 0 saturated heterocycles. The van der Waals surface area contributed by atoms with Gasteiger partial charge in [-0.2, -0.15) is 0 Å². The van der Waals surface area contributed by atoms with Crippen molar-refractivity contribution in [2.24, 2.45) is 0 Å². The third kappa shape index (κ3) is 4.84. The number of aromatic nitrogens is 1. The van der Waals surface area contributed by atoms with Crippen molar-refractivity contribution in [3.63, 3.8) is 0 Å². The average molecular weight is 401 g/mol. The number of thiazole rings is 1. The van der Waals surface area contributed by atoms with Gasteiger partial charge in [0, 0.05) is 21.8 Å². The molecule has 8 heteroatoms. The summed E-state index contributed by atoms with van der Waals surface area (Å²) >= 11 is 7.23. The minimum Gasteiger partial charge on any atom is -0.320 e. The Kier molecular flexibility index (Phi) is 5.73. The molecule has 0 radical (unpaired) electrons. The van der Waals surface area contributed by atoms with E-state index in [1.165, 1.54) is 11.3 Å². The summed E-state index contributed by atoms with van der Waals surface area (Å²) in [6, 6.07) is 12.3. The summed E-state index contributed by atoms with van der Waals surface area (Å²) < 4.78 is 0. The smallest absolute Gasteiger partial charge is 0.320 e. The number of anilines is 3. The predicted molar refractivity (Wildman–Crippen MR) is 110 cm³/mol. The van der Waals surface area contributed by atoms with Crippen LogP contribution in [0.4, 0.5) is 21.3 Å². The molecule has 6 nitrogen and oxygen atoms in total. The normalized spacial score (nSPS) is 10.3. The summed E-state index contributed by atoms with van der Waals surface area (Å²) in [6.07, 6.45) is 0. The van der Waals surface area contributed by atoms with Crippen molar-refractivity contribution in [2.75, 3.05) is 16.0 Å². The molecule has 27 heavy (non-hydrogen) atoms. The number of urea groups is 1. The summed E-state index contributed by atoms with van der Waals surface area (Å²) in [7, 11) is 0. The fourth-order valence-electron chi connectivity index (χ4n) is 2.26. The van der Waals surface area contributed by atoms with E-state index in [0.717, 1.165) is 11.1 Å². The van der Waals surface area contributed by atoms with E-state index in [4.69, 9.17) is 11.6 Å². The van der Waals surface area contributed by atoms with E-state index in [0.29, 0.717) is 21.5 Å². The first-order chi connectivity index (χ1) is 12.9. The van der Waals surface area contributed by atoms with Gasteiger partial charge in [-0.05, 0) is 43.7 Å². The molecule has 0 aliphatic heterocycles. The third-order valence-electron chi connectivity index (χ3n) is 3.78. The van der Waals surface area contributed by atoms with Crippen molar-refractivity contribution in [3.05, 3.63) is 69.7 Å². The summed E-state index contributed by atoms with van der Waals surface area (Å²) in [5, 5.41) is 10.6. The number of amides is 3. The highest BCUT2D eigenvalue weighted by Crippen LogP contribution is 2.24. The minimum atomic E-state index is -0.425. The largest absolute Gasteiger partial charge is 0.325 e. The van der Waals surface area contributed by atoms with Crippen LogP contribution >= 0.6 is 22.9 Å². The Balaban J connectivity index is 1.62. The lowest BCUT2D eigenvalue weighted by atomic mass is 10.2. The number of nitrogens with zero attached hydrogens (tertiary/aromatic N) is 1. The Labute approximate surface area is 165 Å². The van der Waals surface area contributed by atoms with Crippen molar-refractivity contribution in [1.29, 1.82) is 0 Å². The molecule has 3 rings (SSSR count). The van der Waals surface area contributed by atoms with E-state index in [1.54, 1.807) is 23.6 Å². The lowest BCUT2D eigenvalue weighted by Crippen LogP contribution is -2.19. The Morgan fingerprint density at radius 2 is 1.74 bits per heavy atom. The Hall–Kier alpha value is -2.90. The van der Waals surface area contributed by atoms with E-state index < -0.39 is 6.03 Å². The highest BCUT2D eigenvalue weighted by molar-refractivity contribution is 7.14. The molecule has 0 fully saturated rings. The number of rotatable bonds is 4. The van der Waals surface area contributed by atoms with Gasteiger partial charge in [-0.3, -0.25) is 10.1 Å². The maximum atomic E-state index is 12.4. The maximum absolute atomic E-state index is 12.4. The van der Waals surface area contributed by atoms with Gasteiger partial charge in [-0.25, -0.2) is 9.78 Å². The number of carbonyl (C=O) groups is 2. The number of hydrogen-bond donors (Lipinski definition) is 3. The zero-order valence-corrected chi connectivity index (χ0v) is 16.2. The number of nitrogens with one attached hydrogen (secondary N) is 3. The predicted octanol–water partition coefficient (Wildman–Crippen LogP) is 5.31. The van der Waals surface area contributed by atoms with Gasteiger partial charge in [0.1, 0.15) is 5.69 Å². The molecule has 0 unspecified atom stereocenters. The first kappa shape index (κ1) is 18.9. The Morgan fingerprint density at radius 3 is 2.48 bits per heavy atom. The molecule has 2 aromatic carbocycles. The van der Waals surface area contributed by atoms with E-state index >= 15 is 0 Å². The molecular weight excluding hydrogens is 384 g/mol. The number of carbonyl (C=O) groups excluding carboxylic acids is 2. The highest BCUT2D eigenvalue weighted by Gasteiger charge is 2.14. The minimum absolute atomic E-state index is 0.213. The zero-order chi connectivity index (χ0) is 19.4. The SMILES string of the molecule is Cc1ccc(NC(=O)Nc2nc(C(=O)Nc3cccc(Cl)c3C)cs2)cc1. The topological polar surface area (TPSA) is 83.1 Å². The van der Waals surface area contributed by atoms with Crippen LogP contribution in [-0.4, -0.2) is 16.9 Å². The molecule has 0 atom stereocenters. The number of hydrogen-bond acceptors (Lipinski definition) is 4. The molecule has 1 heterocycles. The van der Waals surface area contributed by atoms with E-state index in [-0.39, 0.29) is 11.6 Å². The van der Waals surface area contributed by atoms with Crippen LogP contribution < -0.4 is 16.0 Å². The fourth-order valence-corrected chi connectivity index (χ4v) is 3.12. The van der Waals surface area contributed by atoms with Crippen LogP contribution in [0.3, 0.4) is 0 Å². The summed E-state index contributed by atoms with van der Waals surface area (Å²) in [5.74, 6) is -0.372. The Morgan fingerprint density at radius 1 is 1.00 bits per heavy atom. The van der Waals surface area contributed by atoms with Gasteiger partial charge in [-0.1, -0.05) is 35.4 Å². The maximum Gasteiger partial charge on any atom is 0.325 e. The lowest BCUT2D eigenvalue weighted by Gasteiger charge is -2.08. The fraction of sp³-hybridized carbons (Fsp3) is 0.105. The number of aryl methyl sites for hydroxylation is 1. The average Bonchev–Trinajstić information content (AvgIpc) is 3.09. The molecular formula is C19H17ClN4O2S. The molecule has 138 valence electrons. The van der Waals surface area contributed by atoms with Crippen molar-refractivity contribution in [1.82, 2.24) is 4.98 Å². The first-order valence-corrected chi connectivity index (χ1v) is 9.35. The second-order valence-corrected chi connectivity index (χ2v) is 7.11. The summed E-state index contributed by atoms with van der Waals surface area (Å²) in [5.41, 5.74) is 3.38. The quantitative estimate of drug-likeness (QED) is 0.555. The van der Waals surface area contributed by atoms with E-state index in [1.807, 2.05) is 38.1 Å². The van der Waals surface area contributed by atoms with Gasteiger partial charge in [0.2, 0.25) is 0 Å². The van der Waals surface area contributed by atoms with Gasteiger partial charge in [0.05, 0.1) is 0 Å². The molecule has 0 aliphatic rings. The second-order valence-electron chi connectivity index (χ2n) is 5.85. The van der Waals surface area contributed by atoms with E-state index in [2.05, 4.69) is 20.9 Å².